The molecule has 1 aliphatic rings. The molecule has 30 heavy (non-hydrogen) atoms. The zero-order valence-electron chi connectivity index (χ0n) is 16.4. The van der Waals surface area contributed by atoms with Gasteiger partial charge in [-0.15, -0.1) is 24.5 Å². The van der Waals surface area contributed by atoms with E-state index in [0.29, 0.717) is 10.8 Å². The van der Waals surface area contributed by atoms with Gasteiger partial charge >= 0.3 is 6.36 Å². The number of carbonyl (C=O) groups excluding carboxylic acids is 1. The quantitative estimate of drug-likeness (QED) is 0.701. The lowest BCUT2D eigenvalue weighted by molar-refractivity contribution is -0.275. The summed E-state index contributed by atoms with van der Waals surface area (Å²) in [6.07, 6.45) is -3.47. The largest absolute Gasteiger partial charge is 0.573 e. The summed E-state index contributed by atoms with van der Waals surface area (Å²) < 4.78 is 48.2. The molecule has 1 N–H and O–H groups in total. The van der Waals surface area contributed by atoms with Crippen LogP contribution < -0.4 is 19.7 Å². The molecule has 0 spiro atoms. The van der Waals surface area contributed by atoms with Crippen LogP contribution in [0, 0.1) is 0 Å². The molecule has 13 heteroatoms. The highest BCUT2D eigenvalue weighted by Gasteiger charge is 2.35. The van der Waals surface area contributed by atoms with Crippen LogP contribution in [0.5, 0.6) is 11.6 Å². The second-order valence-electron chi connectivity index (χ2n) is 6.33. The van der Waals surface area contributed by atoms with E-state index in [1.807, 2.05) is 11.9 Å². The summed E-state index contributed by atoms with van der Waals surface area (Å²) in [4.78, 5) is 25.0. The van der Waals surface area contributed by atoms with Crippen LogP contribution in [0.2, 0.25) is 0 Å². The molecule has 164 valence electrons. The van der Waals surface area contributed by atoms with Crippen molar-refractivity contribution >= 4 is 34.8 Å². The van der Waals surface area contributed by atoms with Gasteiger partial charge in [0.25, 0.3) is 11.8 Å². The van der Waals surface area contributed by atoms with E-state index in [-0.39, 0.29) is 15.7 Å². The fourth-order valence-corrected chi connectivity index (χ4v) is 4.73. The first kappa shape index (κ1) is 22.4. The Morgan fingerprint density at radius 3 is 2.60 bits per heavy atom. The monoisotopic (exact) mass is 463 g/mol. The number of alkyl halides is 3. The van der Waals surface area contributed by atoms with Crippen molar-refractivity contribution in [2.24, 2.45) is 0 Å². The van der Waals surface area contributed by atoms with Crippen molar-refractivity contribution in [2.45, 2.75) is 15.6 Å². The highest BCUT2D eigenvalue weighted by atomic mass is 32.2. The topological polar surface area (TPSA) is 79.8 Å². The molecule has 0 unspecified atom stereocenters. The number of halogens is 3. The molecular weight excluding hydrogens is 443 g/mol. The van der Waals surface area contributed by atoms with Crippen molar-refractivity contribution in [1.29, 1.82) is 0 Å². The van der Waals surface area contributed by atoms with Crippen LogP contribution in [-0.2, 0) is 0 Å². The molecule has 3 heterocycles. The van der Waals surface area contributed by atoms with Gasteiger partial charge < -0.3 is 24.6 Å². The van der Waals surface area contributed by atoms with Crippen molar-refractivity contribution in [2.75, 3.05) is 52.3 Å². The van der Waals surface area contributed by atoms with Crippen LogP contribution >= 0.6 is 23.1 Å². The number of methoxy groups -OCH3 is 1. The lowest BCUT2D eigenvalue weighted by Gasteiger charge is -2.33. The first-order valence-electron chi connectivity index (χ1n) is 8.83. The maximum absolute atomic E-state index is 12.9. The molecule has 2 aromatic rings. The number of anilines is 1. The summed E-state index contributed by atoms with van der Waals surface area (Å²) >= 11 is 1.88. The fourth-order valence-electron chi connectivity index (χ4n) is 2.77. The Bertz CT molecular complexity index is 901. The number of amides is 1. The molecule has 1 aliphatic heterocycles. The second-order valence-corrected chi connectivity index (χ2v) is 8.50. The average molecular weight is 464 g/mol. The van der Waals surface area contributed by atoms with Gasteiger partial charge in [-0.3, -0.25) is 4.79 Å². The van der Waals surface area contributed by atoms with Crippen molar-refractivity contribution in [3.63, 3.8) is 0 Å². The van der Waals surface area contributed by atoms with Crippen LogP contribution in [0.1, 0.15) is 10.4 Å². The Balaban J connectivity index is 1.87. The molecule has 1 amide bonds. The van der Waals surface area contributed by atoms with Gasteiger partial charge in [0.05, 0.1) is 18.9 Å². The van der Waals surface area contributed by atoms with E-state index >= 15 is 0 Å². The van der Waals surface area contributed by atoms with E-state index in [2.05, 4.69) is 24.9 Å². The predicted molar refractivity (Wildman–Crippen MR) is 107 cm³/mol. The summed E-state index contributed by atoms with van der Waals surface area (Å²) in [6, 6.07) is 0. The second kappa shape index (κ2) is 9.27. The van der Waals surface area contributed by atoms with E-state index < -0.39 is 18.0 Å². The molecular formula is C17H20F3N5O3S2. The summed E-state index contributed by atoms with van der Waals surface area (Å²) in [6.45, 7) is 3.27. The van der Waals surface area contributed by atoms with Crippen LogP contribution in [0.15, 0.2) is 20.8 Å². The van der Waals surface area contributed by atoms with E-state index in [4.69, 9.17) is 4.74 Å². The van der Waals surface area contributed by atoms with Crippen molar-refractivity contribution in [1.82, 2.24) is 20.2 Å². The third kappa shape index (κ3) is 5.26. The Morgan fingerprint density at radius 2 is 2.00 bits per heavy atom. The highest BCUT2D eigenvalue weighted by Crippen LogP contribution is 2.44. The Labute approximate surface area is 179 Å². The summed E-state index contributed by atoms with van der Waals surface area (Å²) in [5.41, 5.74) is -0.198. The third-order valence-corrected chi connectivity index (χ3v) is 6.37. The standard InChI is InChI=1S/C17H20F3N5O3S2/c1-21-14(26)10-9-29-16(12(10)28-17(18,19)20)30-11-8-22-13(15(23-11)27-3)25-6-4-24(2)5-7-25/h8-9H,4-7H2,1-3H3,(H,21,26). The smallest absolute Gasteiger partial charge is 0.478 e. The molecule has 0 aromatic carbocycles. The predicted octanol–water partition coefficient (Wildman–Crippen LogP) is 2.71. The number of thiophene rings is 1. The highest BCUT2D eigenvalue weighted by molar-refractivity contribution is 8.01. The maximum Gasteiger partial charge on any atom is 0.573 e. The van der Waals surface area contributed by atoms with Crippen LogP contribution in [0.3, 0.4) is 0 Å². The Hall–Kier alpha value is -2.25. The van der Waals surface area contributed by atoms with Crippen molar-refractivity contribution in [3.05, 3.63) is 17.1 Å². The first-order chi connectivity index (χ1) is 14.2. The number of hydrogen-bond acceptors (Lipinski definition) is 9. The number of hydrogen-bond donors (Lipinski definition) is 1. The zero-order valence-corrected chi connectivity index (χ0v) is 18.1. The maximum atomic E-state index is 12.9. The minimum Gasteiger partial charge on any atom is -0.478 e. The molecule has 0 saturated carbocycles. The number of nitrogens with zero attached hydrogens (tertiary/aromatic N) is 4. The van der Waals surface area contributed by atoms with E-state index in [0.717, 1.165) is 49.3 Å². The number of aromatic nitrogens is 2. The van der Waals surface area contributed by atoms with Crippen LogP contribution in [-0.4, -0.2) is 74.5 Å². The molecule has 1 fully saturated rings. The molecule has 8 nitrogen and oxygen atoms in total. The molecule has 3 rings (SSSR count). The van der Waals surface area contributed by atoms with Gasteiger partial charge in [0, 0.05) is 38.6 Å². The van der Waals surface area contributed by atoms with Gasteiger partial charge in [0.1, 0.15) is 9.24 Å². The number of rotatable bonds is 6. The zero-order chi connectivity index (χ0) is 21.9. The Kier molecular flexibility index (Phi) is 6.93. The van der Waals surface area contributed by atoms with Gasteiger partial charge in [-0.2, -0.15) is 0 Å². The van der Waals surface area contributed by atoms with E-state index in [1.54, 1.807) is 0 Å². The van der Waals surface area contributed by atoms with Crippen molar-refractivity contribution in [3.8, 4) is 11.6 Å². The number of ether oxygens (including phenoxy) is 2. The first-order valence-corrected chi connectivity index (χ1v) is 10.5. The van der Waals surface area contributed by atoms with Gasteiger partial charge in [0.2, 0.25) is 0 Å². The molecule has 2 aromatic heterocycles. The van der Waals surface area contributed by atoms with Gasteiger partial charge in [-0.25, -0.2) is 9.97 Å². The number of piperazine rings is 1. The lowest BCUT2D eigenvalue weighted by Crippen LogP contribution is -2.45. The third-order valence-electron chi connectivity index (χ3n) is 4.30. The minimum atomic E-state index is -4.94. The van der Waals surface area contributed by atoms with E-state index in [1.165, 1.54) is 25.7 Å². The number of likely N-dealkylation sites (N-methyl/N-ethyl adjacent to an activating group) is 1. The molecule has 0 radical (unpaired) electrons. The SMILES string of the molecule is CNC(=O)c1csc(Sc2cnc(N3CCN(C)CC3)c(OC)n2)c1OC(F)(F)F. The average Bonchev–Trinajstić information content (AvgIpc) is 3.08. The lowest BCUT2D eigenvalue weighted by atomic mass is 10.3. The number of nitrogens with one attached hydrogen (secondary N) is 1. The molecule has 0 aliphatic carbocycles. The van der Waals surface area contributed by atoms with Gasteiger partial charge in [-0.1, -0.05) is 11.8 Å². The summed E-state index contributed by atoms with van der Waals surface area (Å²) in [7, 11) is 4.83. The summed E-state index contributed by atoms with van der Waals surface area (Å²) in [5.74, 6) is -0.364. The molecule has 0 atom stereocenters. The molecule has 1 saturated heterocycles. The van der Waals surface area contributed by atoms with Crippen LogP contribution in [0.25, 0.3) is 0 Å². The van der Waals surface area contributed by atoms with Gasteiger partial charge in [-0.05, 0) is 7.05 Å². The van der Waals surface area contributed by atoms with Gasteiger partial charge in [0.15, 0.2) is 11.6 Å². The van der Waals surface area contributed by atoms with E-state index in [9.17, 15) is 18.0 Å². The van der Waals surface area contributed by atoms with Crippen LogP contribution in [0.4, 0.5) is 19.0 Å². The Morgan fingerprint density at radius 1 is 1.30 bits per heavy atom. The molecule has 0 bridgehead atoms. The summed E-state index contributed by atoms with van der Waals surface area (Å²) in [5, 5.41) is 3.94. The fraction of sp³-hybridized carbons (Fsp3) is 0.471. The van der Waals surface area contributed by atoms with Crippen molar-refractivity contribution < 1.29 is 27.4 Å². The normalized spacial score (nSPS) is 15.2. The number of carbonyl (C=O) groups is 1. The minimum absolute atomic E-state index is 0.134.